The van der Waals surface area contributed by atoms with Gasteiger partial charge in [-0.15, -0.1) is 0 Å². The van der Waals surface area contributed by atoms with Gasteiger partial charge in [-0.25, -0.2) is 18.1 Å². The van der Waals surface area contributed by atoms with Crippen molar-refractivity contribution in [2.45, 2.75) is 64.1 Å². The van der Waals surface area contributed by atoms with Crippen LogP contribution in [-0.4, -0.2) is 93.9 Å². The predicted octanol–water partition coefficient (Wildman–Crippen LogP) is 8.44. The van der Waals surface area contributed by atoms with Gasteiger partial charge in [0.1, 0.15) is 17.1 Å². The minimum Gasteiger partial charge on any atom is -0.455 e. The molecular formula is C46H53ClN6O6S. The zero-order valence-corrected chi connectivity index (χ0v) is 36.2. The molecule has 8 rings (SSSR count). The Morgan fingerprint density at radius 2 is 1.80 bits per heavy atom. The fourth-order valence-corrected chi connectivity index (χ4v) is 9.38. The van der Waals surface area contributed by atoms with Gasteiger partial charge in [0.2, 0.25) is 0 Å². The molecular weight excluding hydrogens is 800 g/mol. The van der Waals surface area contributed by atoms with Crippen LogP contribution < -0.4 is 19.7 Å². The number of hydrogen-bond donors (Lipinski definition) is 3. The number of allylic oxidation sites excluding steroid dienone is 1. The highest BCUT2D eigenvalue weighted by Crippen LogP contribution is 2.43. The third kappa shape index (κ3) is 9.82. The molecule has 0 radical (unpaired) electrons. The van der Waals surface area contributed by atoms with Crippen LogP contribution in [0, 0.1) is 12.3 Å². The molecule has 60 heavy (non-hydrogen) atoms. The third-order valence-electron chi connectivity index (χ3n) is 11.7. The van der Waals surface area contributed by atoms with E-state index in [4.69, 9.17) is 25.8 Å². The van der Waals surface area contributed by atoms with Crippen LogP contribution in [0.1, 0.15) is 61.5 Å². The van der Waals surface area contributed by atoms with Crippen molar-refractivity contribution in [1.82, 2.24) is 19.6 Å². The van der Waals surface area contributed by atoms with Gasteiger partial charge < -0.3 is 29.4 Å². The molecule has 14 heteroatoms. The Morgan fingerprint density at radius 3 is 2.55 bits per heavy atom. The molecule has 2 atom stereocenters. The van der Waals surface area contributed by atoms with Crippen LogP contribution in [0.3, 0.4) is 0 Å². The Balaban J connectivity index is 0.979. The summed E-state index contributed by atoms with van der Waals surface area (Å²) in [5.74, 6) is -0.165. The minimum absolute atomic E-state index is 0.0305. The lowest BCUT2D eigenvalue weighted by atomic mass is 9.72. The average Bonchev–Trinajstić information content (AvgIpc) is 3.70. The first kappa shape index (κ1) is 41.8. The van der Waals surface area contributed by atoms with E-state index in [9.17, 15) is 13.2 Å². The molecule has 5 aromatic rings. The van der Waals surface area contributed by atoms with Crippen molar-refractivity contribution in [3.8, 4) is 11.5 Å². The molecule has 2 saturated heterocycles. The number of fused-ring (bicyclic) bond motifs is 1. The molecule has 12 nitrogen and oxygen atoms in total. The third-order valence-corrected chi connectivity index (χ3v) is 13.3. The molecule has 4 heterocycles. The van der Waals surface area contributed by atoms with Crippen LogP contribution in [0.5, 0.6) is 11.5 Å². The SMILES string of the molecule is Cc1cc(S(=O)(=O)NC(=O)c2ccc(N3CCN(CC4=C(c5ccc(Cl)cc5)CC(C)(C)CC4)CC3)cc2Oc2cnc3[nH]ccc3c2)ccc1NC[C@@H]1CO[C@H](C)CO1. The van der Waals surface area contributed by atoms with Crippen LogP contribution in [0.2, 0.25) is 5.02 Å². The summed E-state index contributed by atoms with van der Waals surface area (Å²) >= 11 is 6.25. The summed E-state index contributed by atoms with van der Waals surface area (Å²) in [4.78, 5) is 26.2. The molecule has 3 aliphatic rings. The Morgan fingerprint density at radius 1 is 1.00 bits per heavy atom. The van der Waals surface area contributed by atoms with E-state index < -0.39 is 15.9 Å². The average molecular weight is 853 g/mol. The van der Waals surface area contributed by atoms with Gasteiger partial charge >= 0.3 is 0 Å². The Labute approximate surface area is 357 Å². The van der Waals surface area contributed by atoms with Gasteiger partial charge in [0.05, 0.1) is 42.1 Å². The summed E-state index contributed by atoms with van der Waals surface area (Å²) in [6.07, 6.45) is 6.59. The van der Waals surface area contributed by atoms with E-state index in [1.165, 1.54) is 22.8 Å². The van der Waals surface area contributed by atoms with E-state index in [-0.39, 0.29) is 33.8 Å². The summed E-state index contributed by atoms with van der Waals surface area (Å²) in [6, 6.07) is 22.0. The molecule has 2 fully saturated rings. The lowest BCUT2D eigenvalue weighted by molar-refractivity contribution is -0.121. The molecule has 1 amide bonds. The Bertz CT molecular complexity index is 2490. The maximum absolute atomic E-state index is 13.9. The highest BCUT2D eigenvalue weighted by Gasteiger charge is 2.30. The second-order valence-corrected chi connectivity index (χ2v) is 19.1. The maximum Gasteiger partial charge on any atom is 0.268 e. The number of halogens is 1. The van der Waals surface area contributed by atoms with Crippen LogP contribution in [0.4, 0.5) is 11.4 Å². The largest absolute Gasteiger partial charge is 0.455 e. The molecule has 3 aromatic carbocycles. The highest BCUT2D eigenvalue weighted by atomic mass is 35.5. The van der Waals surface area contributed by atoms with E-state index in [1.54, 1.807) is 30.6 Å². The molecule has 0 bridgehead atoms. The number of rotatable bonds is 12. The van der Waals surface area contributed by atoms with Crippen LogP contribution in [0.25, 0.3) is 16.6 Å². The first-order valence-corrected chi connectivity index (χ1v) is 22.5. The second kappa shape index (κ2) is 17.6. The highest BCUT2D eigenvalue weighted by molar-refractivity contribution is 7.90. The predicted molar refractivity (Wildman–Crippen MR) is 237 cm³/mol. The lowest BCUT2D eigenvalue weighted by Gasteiger charge is -2.39. The molecule has 0 unspecified atom stereocenters. The zero-order valence-electron chi connectivity index (χ0n) is 34.6. The smallest absolute Gasteiger partial charge is 0.268 e. The number of piperazine rings is 1. The van der Waals surface area contributed by atoms with E-state index >= 15 is 0 Å². The molecule has 3 N–H and O–H groups in total. The van der Waals surface area contributed by atoms with Gasteiger partial charge in [0.25, 0.3) is 15.9 Å². The zero-order chi connectivity index (χ0) is 42.0. The van der Waals surface area contributed by atoms with Gasteiger partial charge in [0, 0.05) is 73.3 Å². The standard InChI is InChI=1S/C46H53ClN6O6S/c1-30-21-39(10-12-42(30)49-26-38-29-57-31(2)28-58-38)60(55,56)51-45(54)40-11-9-36(23-43(40)59-37-22-33-14-16-48-44(33)50-25-37)53-19-17-52(18-20-53)27-34-13-15-46(3,4)24-41(34)32-5-7-35(47)8-6-32/h5-12,14,16,21-23,25,31,38,49H,13,15,17-20,24,26-29H2,1-4H3,(H,48,50)(H,51,54)/t31-,38-/m1/s1. The van der Waals surface area contributed by atoms with E-state index in [0.717, 1.165) is 73.8 Å². The second-order valence-electron chi connectivity index (χ2n) is 17.0. The number of ether oxygens (including phenoxy) is 3. The normalized spacial score (nSPS) is 20.0. The van der Waals surface area contributed by atoms with Gasteiger partial charge in [-0.3, -0.25) is 9.69 Å². The molecule has 1 aliphatic carbocycles. The van der Waals surface area contributed by atoms with Gasteiger partial charge in [-0.2, -0.15) is 0 Å². The maximum atomic E-state index is 13.9. The molecule has 0 saturated carbocycles. The molecule has 316 valence electrons. The van der Waals surface area contributed by atoms with Gasteiger partial charge in [0.15, 0.2) is 0 Å². The number of aromatic nitrogens is 2. The first-order chi connectivity index (χ1) is 28.8. The van der Waals surface area contributed by atoms with Gasteiger partial charge in [-0.1, -0.05) is 43.2 Å². The number of carbonyl (C=O) groups excluding carboxylic acids is 1. The number of aromatic amines is 1. The molecule has 2 aromatic heterocycles. The molecule has 0 spiro atoms. The number of anilines is 2. The quantitative estimate of drug-likeness (QED) is 0.112. The Hall–Kier alpha value is -4.92. The number of pyridine rings is 1. The van der Waals surface area contributed by atoms with Crippen LogP contribution >= 0.6 is 11.6 Å². The summed E-state index contributed by atoms with van der Waals surface area (Å²) < 4.78 is 47.5. The van der Waals surface area contributed by atoms with Crippen molar-refractivity contribution in [2.75, 3.05) is 62.7 Å². The fourth-order valence-electron chi connectivity index (χ4n) is 8.20. The van der Waals surface area contributed by atoms with Crippen LogP contribution in [0.15, 0.2) is 95.7 Å². The van der Waals surface area contributed by atoms with Crippen molar-refractivity contribution >= 4 is 55.5 Å². The number of benzene rings is 3. The monoisotopic (exact) mass is 852 g/mol. The first-order valence-electron chi connectivity index (χ1n) is 20.6. The van der Waals surface area contributed by atoms with Crippen LogP contribution in [-0.2, 0) is 19.5 Å². The van der Waals surface area contributed by atoms with Crippen molar-refractivity contribution in [3.05, 3.63) is 112 Å². The summed E-state index contributed by atoms with van der Waals surface area (Å²) in [5.41, 5.74) is 7.56. The van der Waals surface area contributed by atoms with E-state index in [1.807, 2.05) is 50.2 Å². The van der Waals surface area contributed by atoms with Crippen molar-refractivity contribution in [1.29, 1.82) is 0 Å². The molecule has 2 aliphatic heterocycles. The number of carbonyl (C=O) groups is 1. The summed E-state index contributed by atoms with van der Waals surface area (Å²) in [6.45, 7) is 14.2. The van der Waals surface area contributed by atoms with Crippen molar-refractivity contribution in [2.24, 2.45) is 5.41 Å². The topological polar surface area (TPSA) is 138 Å². The van der Waals surface area contributed by atoms with E-state index in [2.05, 4.69) is 55.8 Å². The summed E-state index contributed by atoms with van der Waals surface area (Å²) in [5, 5.41) is 4.91. The lowest BCUT2D eigenvalue weighted by Crippen LogP contribution is -2.47. The Kier molecular flexibility index (Phi) is 12.3. The number of aryl methyl sites for hydroxylation is 1. The van der Waals surface area contributed by atoms with Crippen molar-refractivity contribution < 1.29 is 27.4 Å². The number of amides is 1. The fraction of sp³-hybridized carbons (Fsp3) is 0.391. The number of nitrogens with zero attached hydrogens (tertiary/aromatic N) is 3. The number of sulfonamides is 1. The number of hydrogen-bond acceptors (Lipinski definition) is 10. The number of H-pyrrole nitrogens is 1. The summed E-state index contributed by atoms with van der Waals surface area (Å²) in [7, 11) is -4.25. The van der Waals surface area contributed by atoms with Crippen molar-refractivity contribution in [3.63, 3.8) is 0 Å². The number of nitrogens with one attached hydrogen (secondary N) is 3. The minimum atomic E-state index is -4.25. The van der Waals surface area contributed by atoms with E-state index in [0.29, 0.717) is 36.7 Å². The van der Waals surface area contributed by atoms with Gasteiger partial charge in [-0.05, 0) is 110 Å².